The van der Waals surface area contributed by atoms with Gasteiger partial charge in [0.05, 0.1) is 6.54 Å². The molecule has 0 unspecified atom stereocenters. The van der Waals surface area contributed by atoms with Gasteiger partial charge in [-0.3, -0.25) is 9.59 Å². The van der Waals surface area contributed by atoms with Gasteiger partial charge in [0.1, 0.15) is 6.04 Å². The maximum absolute atomic E-state index is 12.6. The van der Waals surface area contributed by atoms with Crippen LogP contribution in [0.1, 0.15) is 17.4 Å². The van der Waals surface area contributed by atoms with E-state index in [0.29, 0.717) is 6.54 Å². The van der Waals surface area contributed by atoms with Crippen LogP contribution in [0.4, 0.5) is 0 Å². The Hall–Kier alpha value is -3.13. The Morgan fingerprint density at radius 2 is 2.00 bits per heavy atom. The molecule has 2 amide bonds. The second kappa shape index (κ2) is 9.38. The first-order chi connectivity index (χ1) is 13.9. The van der Waals surface area contributed by atoms with Gasteiger partial charge in [0.15, 0.2) is 6.61 Å². The van der Waals surface area contributed by atoms with Crippen molar-refractivity contribution >= 4 is 40.0 Å². The highest BCUT2D eigenvalue weighted by Crippen LogP contribution is 2.19. The van der Waals surface area contributed by atoms with E-state index in [2.05, 4.69) is 10.3 Å². The smallest absolute Gasteiger partial charge is 0.329 e. The summed E-state index contributed by atoms with van der Waals surface area (Å²) in [6.45, 7) is 1.43. The molecule has 0 bridgehead atoms. The van der Waals surface area contributed by atoms with Crippen molar-refractivity contribution in [2.45, 2.75) is 25.9 Å². The number of benzene rings is 1. The highest BCUT2D eigenvalue weighted by atomic mass is 32.1. The average molecular weight is 413 g/mol. The van der Waals surface area contributed by atoms with Crippen molar-refractivity contribution in [2.24, 2.45) is 0 Å². The Labute approximate surface area is 172 Å². The van der Waals surface area contributed by atoms with Crippen molar-refractivity contribution in [1.82, 2.24) is 15.2 Å². The highest BCUT2D eigenvalue weighted by molar-refractivity contribution is 7.09. The van der Waals surface area contributed by atoms with E-state index in [9.17, 15) is 14.4 Å². The molecule has 1 atom stereocenters. The molecule has 8 heteroatoms. The van der Waals surface area contributed by atoms with Crippen molar-refractivity contribution in [2.75, 3.05) is 13.7 Å². The van der Waals surface area contributed by atoms with Crippen molar-refractivity contribution in [3.8, 4) is 0 Å². The Morgan fingerprint density at radius 1 is 1.21 bits per heavy atom. The van der Waals surface area contributed by atoms with E-state index < -0.39 is 12.0 Å². The molecule has 0 saturated heterocycles. The van der Waals surface area contributed by atoms with Crippen LogP contribution < -0.4 is 5.32 Å². The van der Waals surface area contributed by atoms with Crippen LogP contribution >= 0.6 is 11.3 Å². The SMILES string of the molecule is CC(=O)N[C@@H](Cc1c[nH]c2ccccc12)C(=O)OCC(=O)N(C)Cc1cccs1. The minimum atomic E-state index is -0.873. The van der Waals surface area contributed by atoms with Crippen molar-refractivity contribution in [3.05, 3.63) is 58.4 Å². The van der Waals surface area contributed by atoms with Crippen LogP contribution in [-0.4, -0.2) is 47.4 Å². The highest BCUT2D eigenvalue weighted by Gasteiger charge is 2.24. The molecular weight excluding hydrogens is 390 g/mol. The number of nitrogens with zero attached hydrogens (tertiary/aromatic N) is 1. The maximum Gasteiger partial charge on any atom is 0.329 e. The van der Waals surface area contributed by atoms with Gasteiger partial charge in [0, 0.05) is 42.4 Å². The number of aromatic nitrogens is 1. The molecule has 2 N–H and O–H groups in total. The van der Waals surface area contributed by atoms with E-state index in [1.54, 1.807) is 18.4 Å². The Balaban J connectivity index is 1.61. The minimum Gasteiger partial charge on any atom is -0.454 e. The van der Waals surface area contributed by atoms with Gasteiger partial charge in [-0.25, -0.2) is 4.79 Å². The summed E-state index contributed by atoms with van der Waals surface area (Å²) in [6, 6.07) is 10.7. The number of carbonyl (C=O) groups excluding carboxylic acids is 3. The second-order valence-corrected chi connectivity index (χ2v) is 7.79. The molecule has 7 nitrogen and oxygen atoms in total. The molecule has 2 heterocycles. The van der Waals surface area contributed by atoms with E-state index in [1.807, 2.05) is 48.0 Å². The number of likely N-dealkylation sites (N-methyl/N-ethyl adjacent to an activating group) is 1. The first kappa shape index (κ1) is 20.6. The summed E-state index contributed by atoms with van der Waals surface area (Å²) < 4.78 is 5.22. The lowest BCUT2D eigenvalue weighted by atomic mass is 10.0. The van der Waals surface area contributed by atoms with Crippen LogP contribution in [0.25, 0.3) is 10.9 Å². The lowest BCUT2D eigenvalue weighted by molar-refractivity contribution is -0.154. The number of ether oxygens (including phenoxy) is 1. The van der Waals surface area contributed by atoms with E-state index >= 15 is 0 Å². The summed E-state index contributed by atoms with van der Waals surface area (Å²) in [5.74, 6) is -1.28. The van der Waals surface area contributed by atoms with Crippen LogP contribution in [0.5, 0.6) is 0 Å². The first-order valence-electron chi connectivity index (χ1n) is 9.19. The molecule has 2 aromatic heterocycles. The fourth-order valence-electron chi connectivity index (χ4n) is 3.03. The Bertz CT molecular complexity index is 996. The summed E-state index contributed by atoms with van der Waals surface area (Å²) in [4.78, 5) is 42.1. The topological polar surface area (TPSA) is 91.5 Å². The monoisotopic (exact) mass is 413 g/mol. The lowest BCUT2D eigenvalue weighted by Gasteiger charge is -2.19. The fourth-order valence-corrected chi connectivity index (χ4v) is 3.78. The number of carbonyl (C=O) groups is 3. The van der Waals surface area contributed by atoms with Gasteiger partial charge in [-0.2, -0.15) is 0 Å². The summed E-state index contributed by atoms with van der Waals surface area (Å²) >= 11 is 1.56. The van der Waals surface area contributed by atoms with Gasteiger partial charge in [-0.1, -0.05) is 24.3 Å². The average Bonchev–Trinajstić information content (AvgIpc) is 3.35. The number of fused-ring (bicyclic) bond motifs is 1. The third-order valence-electron chi connectivity index (χ3n) is 4.50. The Morgan fingerprint density at radius 3 is 2.72 bits per heavy atom. The van der Waals surface area contributed by atoms with E-state index in [1.165, 1.54) is 11.8 Å². The molecule has 152 valence electrons. The van der Waals surface area contributed by atoms with Crippen LogP contribution in [0.15, 0.2) is 48.0 Å². The van der Waals surface area contributed by atoms with Crippen LogP contribution in [0, 0.1) is 0 Å². The van der Waals surface area contributed by atoms with Crippen LogP contribution in [0.2, 0.25) is 0 Å². The summed E-state index contributed by atoms with van der Waals surface area (Å²) in [7, 11) is 1.66. The number of para-hydroxylation sites is 1. The molecule has 0 fully saturated rings. The van der Waals surface area contributed by atoms with Crippen LogP contribution in [-0.2, 0) is 32.1 Å². The molecule has 0 saturated carbocycles. The summed E-state index contributed by atoms with van der Waals surface area (Å²) in [5.41, 5.74) is 1.83. The van der Waals surface area contributed by atoms with Gasteiger partial charge < -0.3 is 19.9 Å². The number of aromatic amines is 1. The lowest BCUT2D eigenvalue weighted by Crippen LogP contribution is -2.43. The van der Waals surface area contributed by atoms with Crippen molar-refractivity contribution in [1.29, 1.82) is 0 Å². The van der Waals surface area contributed by atoms with Gasteiger partial charge in [0.2, 0.25) is 5.91 Å². The zero-order valence-electron chi connectivity index (χ0n) is 16.3. The molecule has 0 spiro atoms. The normalized spacial score (nSPS) is 11.8. The predicted molar refractivity (Wildman–Crippen MR) is 111 cm³/mol. The number of hydrogen-bond acceptors (Lipinski definition) is 5. The third kappa shape index (κ3) is 5.45. The van der Waals surface area contributed by atoms with Gasteiger partial charge in [0.25, 0.3) is 5.91 Å². The number of thiophene rings is 1. The molecule has 1 aromatic carbocycles. The molecular formula is C21H23N3O4S. The molecule has 0 aliphatic rings. The molecule has 3 aromatic rings. The second-order valence-electron chi connectivity index (χ2n) is 6.75. The zero-order chi connectivity index (χ0) is 20.8. The molecule has 29 heavy (non-hydrogen) atoms. The molecule has 0 aliphatic heterocycles. The van der Waals surface area contributed by atoms with Crippen LogP contribution in [0.3, 0.4) is 0 Å². The van der Waals surface area contributed by atoms with Crippen molar-refractivity contribution < 1.29 is 19.1 Å². The third-order valence-corrected chi connectivity index (χ3v) is 5.36. The fraction of sp³-hybridized carbons (Fsp3) is 0.286. The predicted octanol–water partition coefficient (Wildman–Crippen LogP) is 2.48. The minimum absolute atomic E-state index is 0.266. The standard InChI is InChI=1S/C21H23N3O4S/c1-14(25)23-19(10-15-11-22-18-8-4-3-7-17(15)18)21(27)28-13-20(26)24(2)12-16-6-5-9-29-16/h3-9,11,19,22H,10,12-13H2,1-2H3,(H,23,25)/t19-/m0/s1. The van der Waals surface area contributed by atoms with E-state index in [4.69, 9.17) is 4.74 Å². The largest absolute Gasteiger partial charge is 0.454 e. The van der Waals surface area contributed by atoms with Gasteiger partial charge in [-0.05, 0) is 23.1 Å². The number of hydrogen-bond donors (Lipinski definition) is 2. The van der Waals surface area contributed by atoms with E-state index in [-0.39, 0.29) is 24.8 Å². The number of esters is 1. The van der Waals surface area contributed by atoms with E-state index in [0.717, 1.165) is 21.3 Å². The Kier molecular flexibility index (Phi) is 6.66. The number of rotatable bonds is 8. The number of H-pyrrole nitrogens is 1. The quantitative estimate of drug-likeness (QED) is 0.555. The van der Waals surface area contributed by atoms with Gasteiger partial charge >= 0.3 is 5.97 Å². The molecule has 0 aliphatic carbocycles. The molecule has 0 radical (unpaired) electrons. The summed E-state index contributed by atoms with van der Waals surface area (Å²) in [6.07, 6.45) is 2.08. The maximum atomic E-state index is 12.6. The number of nitrogens with one attached hydrogen (secondary N) is 2. The first-order valence-corrected chi connectivity index (χ1v) is 10.1. The number of amides is 2. The zero-order valence-corrected chi connectivity index (χ0v) is 17.1. The molecule has 3 rings (SSSR count). The summed E-state index contributed by atoms with van der Waals surface area (Å²) in [5, 5.41) is 5.54. The van der Waals surface area contributed by atoms with Crippen molar-refractivity contribution in [3.63, 3.8) is 0 Å². The van der Waals surface area contributed by atoms with Gasteiger partial charge in [-0.15, -0.1) is 11.3 Å².